The third-order valence-corrected chi connectivity index (χ3v) is 7.86. The molecule has 4 heteroatoms. The summed E-state index contributed by atoms with van der Waals surface area (Å²) in [7, 11) is -0.658. The van der Waals surface area contributed by atoms with Crippen LogP contribution in [-0.2, 0) is 21.9 Å². The molecule has 166 valence electrons. The van der Waals surface area contributed by atoms with Gasteiger partial charge in [-0.1, -0.05) is 80.4 Å². The number of amides is 1. The van der Waals surface area contributed by atoms with Crippen LogP contribution in [0.4, 0.5) is 0 Å². The van der Waals surface area contributed by atoms with Crippen molar-refractivity contribution in [1.82, 2.24) is 0 Å². The second kappa shape index (κ2) is 12.4. The number of hydrogen-bond donors (Lipinski definition) is 1. The van der Waals surface area contributed by atoms with Crippen molar-refractivity contribution in [2.75, 3.05) is 0 Å². The summed E-state index contributed by atoms with van der Waals surface area (Å²) in [5.74, 6) is -0.340. The molecule has 0 radical (unpaired) electrons. The van der Waals surface area contributed by atoms with E-state index < -0.39 is 7.92 Å². The van der Waals surface area contributed by atoms with Crippen molar-refractivity contribution >= 4 is 29.7 Å². The number of rotatable bonds is 6. The Kier molecular flexibility index (Phi) is 9.95. The zero-order valence-electron chi connectivity index (χ0n) is 17.8. The van der Waals surface area contributed by atoms with Crippen LogP contribution in [0.2, 0.25) is 0 Å². The molecule has 0 aromatic heterocycles. The molecule has 0 aliphatic rings. The van der Waals surface area contributed by atoms with Gasteiger partial charge in [0.15, 0.2) is 0 Å². The molecule has 4 rings (SSSR count). The Bertz CT molecular complexity index is 955. The van der Waals surface area contributed by atoms with Gasteiger partial charge in [-0.15, -0.1) is 10.9 Å². The molecule has 0 aliphatic carbocycles. The quantitative estimate of drug-likeness (QED) is 0.246. The van der Waals surface area contributed by atoms with Crippen LogP contribution in [0, 0.1) is 5.92 Å². The first kappa shape index (κ1) is 24.8. The Morgan fingerprint density at radius 1 is 0.806 bits per heavy atom. The third-order valence-electron chi connectivity index (χ3n) is 5.34. The second-order valence-electron chi connectivity index (χ2n) is 7.31. The van der Waals surface area contributed by atoms with Crippen molar-refractivity contribution in [3.05, 3.63) is 115 Å². The fourth-order valence-electron chi connectivity index (χ4n) is 3.43. The maximum absolute atomic E-state index is 11.7. The van der Waals surface area contributed by atoms with Gasteiger partial charge in [0.25, 0.3) is 0 Å². The fourth-order valence-corrected chi connectivity index (χ4v) is 6.00. The Morgan fingerprint density at radius 2 is 1.26 bits per heavy atom. The Balaban J connectivity index is 0.000000501. The first-order valence-electron chi connectivity index (χ1n) is 10.2. The van der Waals surface area contributed by atoms with Gasteiger partial charge in [0.05, 0.1) is 0 Å². The number of hydrogen-bond acceptors (Lipinski definition) is 1. The maximum Gasteiger partial charge on any atom is 0.219 e. The van der Waals surface area contributed by atoms with Crippen molar-refractivity contribution in [3.8, 4) is 0 Å². The molecule has 0 saturated carbocycles. The molecule has 2 N–H and O–H groups in total. The van der Waals surface area contributed by atoms with Gasteiger partial charge < -0.3 is 36.1 Å². The number of nitrogens with two attached hydrogens (primary N) is 1. The van der Waals surface area contributed by atoms with E-state index in [4.69, 9.17) is 5.73 Å². The Hall–Kier alpha value is -2.44. The van der Waals surface area contributed by atoms with E-state index >= 15 is 0 Å². The van der Waals surface area contributed by atoms with E-state index in [-0.39, 0.29) is 34.8 Å². The van der Waals surface area contributed by atoms with Crippen LogP contribution in [0.3, 0.4) is 0 Å². The average molecular weight is 469 g/mol. The van der Waals surface area contributed by atoms with Crippen LogP contribution in [-0.4, -0.2) is 5.91 Å². The molecule has 0 bridgehead atoms. The van der Waals surface area contributed by atoms with Gasteiger partial charge in [0.2, 0.25) is 5.91 Å². The van der Waals surface area contributed by atoms with Crippen LogP contribution in [0.5, 0.6) is 0 Å². The van der Waals surface area contributed by atoms with Gasteiger partial charge in [-0.2, -0.15) is 6.07 Å². The molecular weight excluding hydrogens is 441 g/mol. The summed E-state index contributed by atoms with van der Waals surface area (Å²) in [6.07, 6.45) is 0. The van der Waals surface area contributed by atoms with Gasteiger partial charge in [-0.05, 0) is 18.5 Å². The minimum absolute atomic E-state index is 0. The topological polar surface area (TPSA) is 43.1 Å². The Morgan fingerprint density at radius 3 is 1.68 bits per heavy atom. The summed E-state index contributed by atoms with van der Waals surface area (Å²) in [6.45, 7) is 4.01. The van der Waals surface area contributed by atoms with E-state index in [2.05, 4.69) is 73.7 Å². The molecule has 0 aliphatic heterocycles. The third kappa shape index (κ3) is 6.52. The molecule has 1 amide bonds. The van der Waals surface area contributed by atoms with Gasteiger partial charge in [-0.25, -0.2) is 12.1 Å². The summed E-state index contributed by atoms with van der Waals surface area (Å²) in [5.41, 5.74) is 6.78. The van der Waals surface area contributed by atoms with Crippen LogP contribution in [0.1, 0.15) is 25.3 Å². The molecule has 2 unspecified atom stereocenters. The van der Waals surface area contributed by atoms with Crippen molar-refractivity contribution in [3.63, 3.8) is 0 Å². The second-order valence-corrected chi connectivity index (χ2v) is 9.50. The molecule has 0 fully saturated rings. The van der Waals surface area contributed by atoms with Crippen molar-refractivity contribution in [1.29, 1.82) is 0 Å². The SMILES string of the molecule is CC(C(N)=O)C(C)[c-]1cccc1P(c1ccccc1)c1ccccc1.[Fe].[cH-]1[cH-][cH-][cH-][cH-]1. The van der Waals surface area contributed by atoms with E-state index in [0.717, 1.165) is 0 Å². The van der Waals surface area contributed by atoms with Gasteiger partial charge in [0.1, 0.15) is 0 Å². The number of carbonyl (C=O) groups is 1. The van der Waals surface area contributed by atoms with Crippen LogP contribution < -0.4 is 21.6 Å². The summed E-state index contributed by atoms with van der Waals surface area (Å²) in [6, 6.07) is 37.7. The van der Waals surface area contributed by atoms with Crippen molar-refractivity contribution in [2.45, 2.75) is 19.8 Å². The van der Waals surface area contributed by atoms with Gasteiger partial charge >= 0.3 is 0 Å². The van der Waals surface area contributed by atoms with Crippen molar-refractivity contribution in [2.24, 2.45) is 11.7 Å². The number of carbonyl (C=O) groups excluding carboxylic acids is 1. The van der Waals surface area contributed by atoms with Crippen LogP contribution in [0.25, 0.3) is 0 Å². The zero-order chi connectivity index (χ0) is 21.3. The first-order valence-corrected chi connectivity index (χ1v) is 11.6. The fraction of sp³-hybridized carbons (Fsp3) is 0.148. The molecule has 4 aromatic carbocycles. The largest absolute Gasteiger partial charge is 0.748 e. The van der Waals surface area contributed by atoms with Crippen molar-refractivity contribution < 1.29 is 21.9 Å². The molecule has 0 saturated heterocycles. The smallest absolute Gasteiger partial charge is 0.219 e. The minimum Gasteiger partial charge on any atom is -0.748 e. The first-order chi connectivity index (χ1) is 14.6. The summed E-state index contributed by atoms with van der Waals surface area (Å²) in [5, 5.41) is 3.94. The van der Waals surface area contributed by atoms with E-state index in [1.165, 1.54) is 21.5 Å². The van der Waals surface area contributed by atoms with Gasteiger partial charge in [0, 0.05) is 23.0 Å². The predicted octanol–water partition coefficient (Wildman–Crippen LogP) is 4.79. The molecular formula is C27H28FeNOP-6. The normalized spacial score (nSPS) is 12.2. The van der Waals surface area contributed by atoms with Gasteiger partial charge in [-0.3, -0.25) is 4.79 Å². The summed E-state index contributed by atoms with van der Waals surface area (Å²) < 4.78 is 0. The Labute approximate surface area is 197 Å². The van der Waals surface area contributed by atoms with E-state index in [1.54, 1.807) is 0 Å². The van der Waals surface area contributed by atoms with E-state index in [1.807, 2.05) is 49.4 Å². The number of benzene rings is 2. The van der Waals surface area contributed by atoms with E-state index in [9.17, 15) is 4.79 Å². The summed E-state index contributed by atoms with van der Waals surface area (Å²) in [4.78, 5) is 11.7. The predicted molar refractivity (Wildman–Crippen MR) is 130 cm³/mol. The molecule has 0 spiro atoms. The molecule has 4 aromatic rings. The van der Waals surface area contributed by atoms with E-state index in [0.29, 0.717) is 0 Å². The molecule has 0 heterocycles. The average Bonchev–Trinajstić information content (AvgIpc) is 3.50. The van der Waals surface area contributed by atoms with Crippen LogP contribution >= 0.6 is 7.92 Å². The maximum atomic E-state index is 11.7. The number of primary amides is 1. The standard InChI is InChI=1S/C22H23NOP.C5H5.Fe/c1-16(17(2)22(23)24)20-14-9-15-21(20)25(18-10-5-3-6-11-18)19-12-7-4-8-13-19;1-2-4-5-3-1;/h3-17H,1-2H3,(H2,23,24);1-5H;/q-1;-5;. The monoisotopic (exact) mass is 469 g/mol. The summed E-state index contributed by atoms with van der Waals surface area (Å²) >= 11 is 0. The minimum atomic E-state index is -0.658. The molecule has 31 heavy (non-hydrogen) atoms. The molecule has 2 atom stereocenters. The zero-order valence-corrected chi connectivity index (χ0v) is 19.8. The molecule has 2 nitrogen and oxygen atoms in total. The van der Waals surface area contributed by atoms with Crippen LogP contribution in [0.15, 0.2) is 109 Å².